The van der Waals surface area contributed by atoms with Crippen molar-refractivity contribution in [1.29, 1.82) is 0 Å². The molecule has 0 fully saturated rings. The third-order valence-electron chi connectivity index (χ3n) is 1.84. The van der Waals surface area contributed by atoms with Crippen molar-refractivity contribution >= 4 is 5.76 Å². The number of allylic oxidation sites excluding steroid dienone is 1. The number of halogens is 1. The molecule has 0 aliphatic heterocycles. The molecule has 12 heavy (non-hydrogen) atoms. The van der Waals surface area contributed by atoms with Crippen molar-refractivity contribution in [1.82, 2.24) is 0 Å². The predicted molar refractivity (Wildman–Crippen MR) is 38.1 cm³/mol. The molecule has 0 aromatic heterocycles. The van der Waals surface area contributed by atoms with Gasteiger partial charge in [-0.2, -0.15) is 0 Å². The predicted octanol–water partition coefficient (Wildman–Crippen LogP) is -1.91. The maximum absolute atomic E-state index is 12.6. The normalized spacial score (nSPS) is 13.2. The molecule has 0 N–H and O–H groups in total. The van der Waals surface area contributed by atoms with E-state index in [1.807, 2.05) is 0 Å². The third kappa shape index (κ3) is 1.56. The van der Waals surface area contributed by atoms with E-state index in [1.54, 1.807) is 12.1 Å². The summed E-state index contributed by atoms with van der Waals surface area (Å²) in [5, 5.41) is 11.0. The first kappa shape index (κ1) is 9.78. The van der Waals surface area contributed by atoms with E-state index in [-0.39, 0.29) is 41.1 Å². The number of benzene rings is 1. The number of hydrogen-bond donors (Lipinski definition) is 0. The van der Waals surface area contributed by atoms with Crippen LogP contribution in [0.5, 0.6) is 0 Å². The van der Waals surface area contributed by atoms with Gasteiger partial charge >= 0.3 is 29.6 Å². The molecule has 1 nitrogen and oxygen atoms in total. The minimum Gasteiger partial charge on any atom is -0.872 e. The van der Waals surface area contributed by atoms with Gasteiger partial charge in [-0.3, -0.25) is 0 Å². The number of hydrogen-bond acceptors (Lipinski definition) is 1. The van der Waals surface area contributed by atoms with Crippen LogP contribution in [0.1, 0.15) is 11.1 Å². The zero-order chi connectivity index (χ0) is 7.84. The average Bonchev–Trinajstić information content (AvgIpc) is 2.33. The standard InChI is InChI=1S/C9H7FO.Na/c10-7-3-1-6-2-4-9(11)8(6)5-7;/h1,3-5,11H,2H2;/q;+1/p-1. The van der Waals surface area contributed by atoms with E-state index in [0.29, 0.717) is 12.0 Å². The Morgan fingerprint density at radius 1 is 1.33 bits per heavy atom. The van der Waals surface area contributed by atoms with Crippen molar-refractivity contribution in [3.8, 4) is 0 Å². The summed E-state index contributed by atoms with van der Waals surface area (Å²) in [6, 6.07) is 4.33. The molecule has 0 bridgehead atoms. The maximum Gasteiger partial charge on any atom is 1.00 e. The van der Waals surface area contributed by atoms with Gasteiger partial charge in [0.2, 0.25) is 0 Å². The van der Waals surface area contributed by atoms with Crippen molar-refractivity contribution in [2.24, 2.45) is 0 Å². The van der Waals surface area contributed by atoms with Crippen LogP contribution in [0.3, 0.4) is 0 Å². The molecule has 1 aliphatic rings. The van der Waals surface area contributed by atoms with E-state index in [9.17, 15) is 9.50 Å². The zero-order valence-electron chi connectivity index (χ0n) is 6.80. The van der Waals surface area contributed by atoms with Crippen LogP contribution in [0.2, 0.25) is 0 Å². The molecule has 0 saturated carbocycles. The molecular weight excluding hydrogens is 166 g/mol. The summed E-state index contributed by atoms with van der Waals surface area (Å²) in [7, 11) is 0. The van der Waals surface area contributed by atoms with Gasteiger partial charge in [-0.15, -0.1) is 5.76 Å². The molecule has 0 spiro atoms. The first-order valence-electron chi connectivity index (χ1n) is 3.43. The summed E-state index contributed by atoms with van der Waals surface area (Å²) in [5.74, 6) is -0.396. The smallest absolute Gasteiger partial charge is 0.872 e. The second-order valence-electron chi connectivity index (χ2n) is 2.57. The molecule has 1 aliphatic carbocycles. The van der Waals surface area contributed by atoms with Crippen molar-refractivity contribution in [3.63, 3.8) is 0 Å². The molecule has 1 aromatic carbocycles. The largest absolute Gasteiger partial charge is 1.00 e. The summed E-state index contributed by atoms with van der Waals surface area (Å²) in [5.41, 5.74) is 1.45. The SMILES string of the molecule is [Na+].[O-]C1=CCc2ccc(F)cc21. The Hall–Kier alpha value is -0.310. The molecule has 0 heterocycles. The van der Waals surface area contributed by atoms with Crippen molar-refractivity contribution in [2.75, 3.05) is 0 Å². The molecule has 56 valence electrons. The Kier molecular flexibility index (Phi) is 2.94. The molecule has 3 heteroatoms. The van der Waals surface area contributed by atoms with Crippen LogP contribution in [0.25, 0.3) is 5.76 Å². The van der Waals surface area contributed by atoms with Crippen LogP contribution in [-0.4, -0.2) is 0 Å². The number of fused-ring (bicyclic) bond motifs is 1. The Labute approximate surface area is 92.2 Å². The minimum atomic E-state index is -0.340. The molecule has 0 saturated heterocycles. The first-order valence-corrected chi connectivity index (χ1v) is 3.43. The van der Waals surface area contributed by atoms with E-state index in [2.05, 4.69) is 0 Å². The van der Waals surface area contributed by atoms with Crippen molar-refractivity contribution < 1.29 is 39.1 Å². The van der Waals surface area contributed by atoms with Crippen LogP contribution < -0.4 is 34.7 Å². The fraction of sp³-hybridized carbons (Fsp3) is 0.111. The van der Waals surface area contributed by atoms with Gasteiger partial charge in [-0.05, 0) is 29.7 Å². The molecular formula is C9H6FNaO. The van der Waals surface area contributed by atoms with Gasteiger partial charge in [0.1, 0.15) is 5.82 Å². The van der Waals surface area contributed by atoms with Gasteiger partial charge in [0, 0.05) is 0 Å². The second kappa shape index (κ2) is 3.60. The van der Waals surface area contributed by atoms with Gasteiger partial charge < -0.3 is 5.11 Å². The molecule has 1 aromatic rings. The average molecular weight is 172 g/mol. The Morgan fingerprint density at radius 2 is 2.08 bits per heavy atom. The van der Waals surface area contributed by atoms with E-state index in [4.69, 9.17) is 0 Å². The van der Waals surface area contributed by atoms with Gasteiger partial charge in [-0.1, -0.05) is 12.1 Å². The summed E-state index contributed by atoms with van der Waals surface area (Å²) in [6.07, 6.45) is 2.22. The Morgan fingerprint density at radius 3 is 2.83 bits per heavy atom. The van der Waals surface area contributed by atoms with Crippen LogP contribution in [0.15, 0.2) is 24.3 Å². The van der Waals surface area contributed by atoms with Crippen molar-refractivity contribution in [2.45, 2.75) is 6.42 Å². The summed E-state index contributed by atoms with van der Waals surface area (Å²) >= 11 is 0. The topological polar surface area (TPSA) is 23.1 Å². The molecule has 2 rings (SSSR count). The fourth-order valence-corrected chi connectivity index (χ4v) is 1.27. The van der Waals surface area contributed by atoms with Crippen LogP contribution in [0, 0.1) is 5.82 Å². The molecule has 0 unspecified atom stereocenters. The minimum absolute atomic E-state index is 0. The van der Waals surface area contributed by atoms with Crippen LogP contribution >= 0.6 is 0 Å². The van der Waals surface area contributed by atoms with Crippen LogP contribution in [0.4, 0.5) is 4.39 Å². The molecule has 0 amide bonds. The molecule has 0 radical (unpaired) electrons. The van der Waals surface area contributed by atoms with Crippen molar-refractivity contribution in [3.05, 3.63) is 41.2 Å². The maximum atomic E-state index is 12.6. The third-order valence-corrected chi connectivity index (χ3v) is 1.84. The van der Waals surface area contributed by atoms with Gasteiger partial charge in [0.25, 0.3) is 0 Å². The molecule has 0 atom stereocenters. The van der Waals surface area contributed by atoms with Gasteiger partial charge in [-0.25, -0.2) is 4.39 Å². The van der Waals surface area contributed by atoms with Gasteiger partial charge in [0.05, 0.1) is 0 Å². The zero-order valence-corrected chi connectivity index (χ0v) is 8.80. The van der Waals surface area contributed by atoms with E-state index < -0.39 is 0 Å². The Balaban J connectivity index is 0.000000720. The Bertz CT molecular complexity index is 333. The van der Waals surface area contributed by atoms with Crippen LogP contribution in [-0.2, 0) is 6.42 Å². The van der Waals surface area contributed by atoms with E-state index in [0.717, 1.165) is 5.56 Å². The second-order valence-corrected chi connectivity index (χ2v) is 2.57. The summed E-state index contributed by atoms with van der Waals surface area (Å²) in [6.45, 7) is 0. The van der Waals surface area contributed by atoms with Gasteiger partial charge in [0.15, 0.2) is 0 Å². The summed E-state index contributed by atoms with van der Waals surface area (Å²) in [4.78, 5) is 0. The quantitative estimate of drug-likeness (QED) is 0.419. The monoisotopic (exact) mass is 172 g/mol. The number of rotatable bonds is 0. The summed E-state index contributed by atoms with van der Waals surface area (Å²) < 4.78 is 12.6. The fourth-order valence-electron chi connectivity index (χ4n) is 1.27. The first-order chi connectivity index (χ1) is 5.27. The van der Waals surface area contributed by atoms with E-state index >= 15 is 0 Å². The van der Waals surface area contributed by atoms with E-state index in [1.165, 1.54) is 12.1 Å².